The van der Waals surface area contributed by atoms with Crippen molar-refractivity contribution in [3.05, 3.63) is 58.4 Å². The van der Waals surface area contributed by atoms with Crippen LogP contribution in [-0.2, 0) is 4.74 Å². The van der Waals surface area contributed by atoms with Crippen molar-refractivity contribution in [3.63, 3.8) is 0 Å². The number of esters is 1. The molecule has 2 aromatic rings. The number of aromatic amines is 1. The molecule has 1 heterocycles. The van der Waals surface area contributed by atoms with Crippen LogP contribution < -0.4 is 0 Å². The van der Waals surface area contributed by atoms with Crippen LogP contribution in [0.2, 0.25) is 5.02 Å². The van der Waals surface area contributed by atoms with Gasteiger partial charge in [0.15, 0.2) is 12.4 Å². The van der Waals surface area contributed by atoms with Crippen LogP contribution in [0.1, 0.15) is 38.1 Å². The fourth-order valence-corrected chi connectivity index (χ4v) is 1.93. The second-order valence-electron chi connectivity index (χ2n) is 4.34. The summed E-state index contributed by atoms with van der Waals surface area (Å²) in [6.45, 7) is 0.968. The molecule has 0 fully saturated rings. The minimum Gasteiger partial charge on any atom is -0.453 e. The van der Waals surface area contributed by atoms with Gasteiger partial charge in [0.25, 0.3) is 0 Å². The lowest BCUT2D eigenvalue weighted by molar-refractivity contribution is 0.0469. The molecule has 0 saturated carbocycles. The number of carbonyl (C=O) groups is 3. The molecule has 0 amide bonds. The Bertz CT molecular complexity index is 705. The molecule has 2 rings (SSSR count). The van der Waals surface area contributed by atoms with Crippen molar-refractivity contribution in [2.75, 3.05) is 6.61 Å². The Morgan fingerprint density at radius 2 is 1.95 bits per heavy atom. The number of halogens is 1. The first-order chi connectivity index (χ1) is 9.99. The van der Waals surface area contributed by atoms with Gasteiger partial charge in [0.05, 0.1) is 5.02 Å². The molecule has 0 aliphatic rings. The van der Waals surface area contributed by atoms with Gasteiger partial charge in [-0.3, -0.25) is 9.59 Å². The molecule has 0 aliphatic heterocycles. The van der Waals surface area contributed by atoms with E-state index in [0.29, 0.717) is 16.1 Å². The summed E-state index contributed by atoms with van der Waals surface area (Å²) in [7, 11) is 0. The number of ketones is 2. The smallest absolute Gasteiger partial charge is 0.355 e. The highest BCUT2D eigenvalue weighted by molar-refractivity contribution is 6.34. The van der Waals surface area contributed by atoms with Crippen LogP contribution in [0.25, 0.3) is 0 Å². The topological polar surface area (TPSA) is 76.2 Å². The zero-order chi connectivity index (χ0) is 15.4. The number of ether oxygens (including phenoxy) is 1. The molecule has 21 heavy (non-hydrogen) atoms. The van der Waals surface area contributed by atoms with Crippen molar-refractivity contribution < 1.29 is 19.1 Å². The predicted octanol–water partition coefficient (Wildman–Crippen LogP) is 2.91. The molecule has 1 aromatic carbocycles. The van der Waals surface area contributed by atoms with E-state index in [1.54, 1.807) is 24.3 Å². The second-order valence-corrected chi connectivity index (χ2v) is 4.74. The van der Waals surface area contributed by atoms with E-state index in [1.807, 2.05) is 0 Å². The molecule has 0 aliphatic carbocycles. The van der Waals surface area contributed by atoms with Crippen LogP contribution in [-0.4, -0.2) is 29.1 Å². The average Bonchev–Trinajstić information content (AvgIpc) is 2.95. The fourth-order valence-electron chi connectivity index (χ4n) is 1.69. The number of H-pyrrole nitrogens is 1. The summed E-state index contributed by atoms with van der Waals surface area (Å²) in [5.74, 6) is -1.27. The zero-order valence-corrected chi connectivity index (χ0v) is 11.9. The van der Waals surface area contributed by atoms with E-state index >= 15 is 0 Å². The molecule has 0 bridgehead atoms. The number of carbonyl (C=O) groups excluding carboxylic acids is 3. The Morgan fingerprint density at radius 3 is 2.57 bits per heavy atom. The standard InChI is InChI=1S/C15H12ClNO4/c1-9(18)10-6-13(17-7-10)15(20)21-8-14(19)11-4-2-3-5-12(11)16/h2-7,17H,8H2,1H3. The lowest BCUT2D eigenvalue weighted by Crippen LogP contribution is -2.14. The first-order valence-electron chi connectivity index (χ1n) is 6.13. The van der Waals surface area contributed by atoms with Gasteiger partial charge in [-0.2, -0.15) is 0 Å². The maximum Gasteiger partial charge on any atom is 0.355 e. The Morgan fingerprint density at radius 1 is 1.24 bits per heavy atom. The number of rotatable bonds is 5. The molecule has 0 unspecified atom stereocenters. The maximum absolute atomic E-state index is 11.9. The third kappa shape index (κ3) is 3.58. The van der Waals surface area contributed by atoms with Crippen LogP contribution in [0.5, 0.6) is 0 Å². The van der Waals surface area contributed by atoms with Gasteiger partial charge in [-0.1, -0.05) is 23.7 Å². The van der Waals surface area contributed by atoms with E-state index in [9.17, 15) is 14.4 Å². The highest BCUT2D eigenvalue weighted by Crippen LogP contribution is 2.15. The average molecular weight is 306 g/mol. The predicted molar refractivity (Wildman–Crippen MR) is 76.9 cm³/mol. The Kier molecular flexibility index (Phi) is 4.55. The number of hydrogen-bond donors (Lipinski definition) is 1. The van der Waals surface area contributed by atoms with E-state index in [0.717, 1.165) is 0 Å². The third-order valence-corrected chi connectivity index (χ3v) is 3.15. The van der Waals surface area contributed by atoms with E-state index in [-0.39, 0.29) is 11.5 Å². The van der Waals surface area contributed by atoms with Crippen molar-refractivity contribution in [2.45, 2.75) is 6.92 Å². The maximum atomic E-state index is 11.9. The lowest BCUT2D eigenvalue weighted by Gasteiger charge is -2.04. The van der Waals surface area contributed by atoms with Crippen molar-refractivity contribution >= 4 is 29.1 Å². The SMILES string of the molecule is CC(=O)c1c[nH]c(C(=O)OCC(=O)c2ccccc2Cl)c1. The molecule has 0 spiro atoms. The van der Waals surface area contributed by atoms with Gasteiger partial charge in [-0.05, 0) is 25.1 Å². The summed E-state index contributed by atoms with van der Waals surface area (Å²) >= 11 is 5.88. The van der Waals surface area contributed by atoms with E-state index < -0.39 is 18.4 Å². The van der Waals surface area contributed by atoms with Crippen molar-refractivity contribution in [3.8, 4) is 0 Å². The first-order valence-corrected chi connectivity index (χ1v) is 6.51. The lowest BCUT2D eigenvalue weighted by atomic mass is 10.1. The minimum absolute atomic E-state index is 0.118. The van der Waals surface area contributed by atoms with Gasteiger partial charge >= 0.3 is 5.97 Å². The number of hydrogen-bond acceptors (Lipinski definition) is 4. The molecule has 108 valence electrons. The Hall–Kier alpha value is -2.40. The molecule has 6 heteroatoms. The molecule has 0 radical (unpaired) electrons. The van der Waals surface area contributed by atoms with Gasteiger partial charge in [-0.15, -0.1) is 0 Å². The van der Waals surface area contributed by atoms with Gasteiger partial charge in [0.1, 0.15) is 5.69 Å². The van der Waals surface area contributed by atoms with Crippen molar-refractivity contribution in [1.29, 1.82) is 0 Å². The molecular weight excluding hydrogens is 294 g/mol. The van der Waals surface area contributed by atoms with Crippen LogP contribution in [0.3, 0.4) is 0 Å². The van der Waals surface area contributed by atoms with Gasteiger partial charge in [-0.25, -0.2) is 4.79 Å². The monoisotopic (exact) mass is 305 g/mol. The summed E-state index contributed by atoms with van der Waals surface area (Å²) in [6, 6.07) is 7.89. The van der Waals surface area contributed by atoms with Crippen LogP contribution in [0.4, 0.5) is 0 Å². The highest BCUT2D eigenvalue weighted by Gasteiger charge is 2.15. The largest absolute Gasteiger partial charge is 0.453 e. The molecular formula is C15H12ClNO4. The quantitative estimate of drug-likeness (QED) is 0.680. The van der Waals surface area contributed by atoms with Gasteiger partial charge in [0, 0.05) is 17.3 Å². The number of Topliss-reactive ketones (excluding diaryl/α,β-unsaturated/α-hetero) is 2. The van der Waals surface area contributed by atoms with E-state index in [1.165, 1.54) is 19.2 Å². The highest BCUT2D eigenvalue weighted by atomic mass is 35.5. The Labute approximate surface area is 125 Å². The fraction of sp³-hybridized carbons (Fsp3) is 0.133. The third-order valence-electron chi connectivity index (χ3n) is 2.82. The van der Waals surface area contributed by atoms with E-state index in [4.69, 9.17) is 16.3 Å². The summed E-state index contributed by atoms with van der Waals surface area (Å²) < 4.78 is 4.90. The van der Waals surface area contributed by atoms with Gasteiger partial charge < -0.3 is 9.72 Å². The normalized spacial score (nSPS) is 10.2. The molecule has 1 aromatic heterocycles. The second kappa shape index (κ2) is 6.37. The number of benzene rings is 1. The number of nitrogens with one attached hydrogen (secondary N) is 1. The minimum atomic E-state index is -0.706. The summed E-state index contributed by atoms with van der Waals surface area (Å²) in [5.41, 5.74) is 0.786. The van der Waals surface area contributed by atoms with Crippen molar-refractivity contribution in [2.24, 2.45) is 0 Å². The van der Waals surface area contributed by atoms with Gasteiger partial charge in [0.2, 0.25) is 5.78 Å². The summed E-state index contributed by atoms with van der Waals surface area (Å²) in [4.78, 5) is 37.4. The summed E-state index contributed by atoms with van der Waals surface area (Å²) in [6.07, 6.45) is 1.41. The molecule has 0 atom stereocenters. The molecule has 1 N–H and O–H groups in total. The molecule has 5 nitrogen and oxygen atoms in total. The van der Waals surface area contributed by atoms with Crippen molar-refractivity contribution in [1.82, 2.24) is 4.98 Å². The Balaban J connectivity index is 1.99. The zero-order valence-electron chi connectivity index (χ0n) is 11.2. The number of aromatic nitrogens is 1. The van der Waals surface area contributed by atoms with Crippen LogP contribution >= 0.6 is 11.6 Å². The van der Waals surface area contributed by atoms with E-state index in [2.05, 4.69) is 4.98 Å². The van der Waals surface area contributed by atoms with Crippen LogP contribution in [0, 0.1) is 0 Å². The van der Waals surface area contributed by atoms with Crippen LogP contribution in [0.15, 0.2) is 36.5 Å². The summed E-state index contributed by atoms with van der Waals surface area (Å²) in [5, 5.41) is 0.303. The molecule has 0 saturated heterocycles. The first kappa shape index (κ1) is 15.0.